The molecule has 88 valence electrons. The Kier molecular flexibility index (Phi) is 5.05. The molecule has 1 rings (SSSR count). The van der Waals surface area contributed by atoms with Crippen molar-refractivity contribution in [3.05, 3.63) is 0 Å². The smallest absolute Gasteiger partial charge is 0.239 e. The zero-order chi connectivity index (χ0) is 11.3. The molecular weight excluding hydrogens is 192 g/mol. The predicted molar refractivity (Wildman–Crippen MR) is 59.4 cm³/mol. The number of ether oxygens (including phenoxy) is 1. The van der Waals surface area contributed by atoms with Crippen LogP contribution in [0.4, 0.5) is 0 Å². The summed E-state index contributed by atoms with van der Waals surface area (Å²) in [6.45, 7) is 7.08. The number of nitrogens with zero attached hydrogens (tertiary/aromatic N) is 1. The molecule has 0 bridgehead atoms. The van der Waals surface area contributed by atoms with Crippen molar-refractivity contribution in [2.75, 3.05) is 26.3 Å². The lowest BCUT2D eigenvalue weighted by molar-refractivity contribution is -0.133. The molecule has 0 aromatic rings. The Hall–Kier alpha value is -0.610. The van der Waals surface area contributed by atoms with E-state index in [4.69, 9.17) is 10.5 Å². The van der Waals surface area contributed by atoms with E-state index in [9.17, 15) is 4.79 Å². The van der Waals surface area contributed by atoms with E-state index >= 15 is 0 Å². The molecule has 0 aromatic heterocycles. The molecule has 1 unspecified atom stereocenters. The van der Waals surface area contributed by atoms with Crippen LogP contribution >= 0.6 is 0 Å². The van der Waals surface area contributed by atoms with Crippen LogP contribution < -0.4 is 5.73 Å². The summed E-state index contributed by atoms with van der Waals surface area (Å²) in [5.41, 5.74) is 5.74. The van der Waals surface area contributed by atoms with Crippen molar-refractivity contribution in [3.8, 4) is 0 Å². The number of nitrogens with two attached hydrogens (primary N) is 1. The lowest BCUT2D eigenvalue weighted by Crippen LogP contribution is -2.45. The highest BCUT2D eigenvalue weighted by molar-refractivity contribution is 5.81. The molecule has 0 aromatic carbocycles. The molecule has 0 radical (unpaired) electrons. The van der Waals surface area contributed by atoms with Gasteiger partial charge in [0.05, 0.1) is 12.6 Å². The van der Waals surface area contributed by atoms with Crippen molar-refractivity contribution >= 4 is 5.91 Å². The second kappa shape index (κ2) is 6.08. The highest BCUT2D eigenvalue weighted by Gasteiger charge is 2.23. The number of carbonyl (C=O) groups is 1. The fourth-order valence-corrected chi connectivity index (χ4v) is 1.82. The second-order valence-corrected chi connectivity index (χ2v) is 4.12. The summed E-state index contributed by atoms with van der Waals surface area (Å²) in [4.78, 5) is 13.7. The van der Waals surface area contributed by atoms with Gasteiger partial charge < -0.3 is 15.4 Å². The van der Waals surface area contributed by atoms with Crippen molar-refractivity contribution in [2.24, 2.45) is 11.7 Å². The Bertz CT molecular complexity index is 203. The minimum absolute atomic E-state index is 0.0758. The summed E-state index contributed by atoms with van der Waals surface area (Å²) >= 11 is 0. The van der Waals surface area contributed by atoms with E-state index < -0.39 is 0 Å². The number of carbonyl (C=O) groups excluding carboxylic acids is 1. The van der Waals surface area contributed by atoms with Crippen molar-refractivity contribution in [2.45, 2.75) is 32.7 Å². The van der Waals surface area contributed by atoms with Gasteiger partial charge in [-0.2, -0.15) is 0 Å². The lowest BCUT2D eigenvalue weighted by Gasteiger charge is -2.26. The summed E-state index contributed by atoms with van der Waals surface area (Å²) < 4.78 is 5.30. The van der Waals surface area contributed by atoms with E-state index in [-0.39, 0.29) is 11.9 Å². The van der Waals surface area contributed by atoms with Crippen molar-refractivity contribution in [1.29, 1.82) is 0 Å². The number of amides is 1. The maximum absolute atomic E-state index is 11.9. The summed E-state index contributed by atoms with van der Waals surface area (Å²) in [7, 11) is 0. The molecule has 4 nitrogen and oxygen atoms in total. The molecule has 15 heavy (non-hydrogen) atoms. The van der Waals surface area contributed by atoms with Crippen LogP contribution in [0.2, 0.25) is 0 Å². The molecule has 1 fully saturated rings. The van der Waals surface area contributed by atoms with E-state index in [1.807, 2.05) is 18.7 Å². The van der Waals surface area contributed by atoms with Crippen LogP contribution in [-0.2, 0) is 9.53 Å². The molecule has 1 aliphatic rings. The molecular formula is C11H22N2O2. The second-order valence-electron chi connectivity index (χ2n) is 4.12. The van der Waals surface area contributed by atoms with Gasteiger partial charge in [0, 0.05) is 25.6 Å². The first-order valence-corrected chi connectivity index (χ1v) is 5.81. The largest absolute Gasteiger partial charge is 0.381 e. The molecule has 0 aliphatic carbocycles. The van der Waals surface area contributed by atoms with E-state index in [0.717, 1.165) is 32.7 Å². The highest BCUT2D eigenvalue weighted by atomic mass is 16.5. The first-order chi connectivity index (χ1) is 7.19. The predicted octanol–water partition coefficient (Wildman–Crippen LogP) is 0.609. The van der Waals surface area contributed by atoms with E-state index in [1.165, 1.54) is 0 Å². The SMILES string of the molecule is CC[C@H](N)C(=O)N(CC)CC1CCOC1. The third kappa shape index (κ3) is 3.47. The molecule has 2 N–H and O–H groups in total. The van der Waals surface area contributed by atoms with Gasteiger partial charge in [-0.05, 0) is 19.8 Å². The van der Waals surface area contributed by atoms with Gasteiger partial charge in [-0.3, -0.25) is 4.79 Å². The quantitative estimate of drug-likeness (QED) is 0.729. The number of likely N-dealkylation sites (N-methyl/N-ethyl adjacent to an activating group) is 1. The van der Waals surface area contributed by atoms with Crippen LogP contribution in [0, 0.1) is 5.92 Å². The van der Waals surface area contributed by atoms with Gasteiger partial charge in [0.15, 0.2) is 0 Å². The zero-order valence-corrected chi connectivity index (χ0v) is 9.74. The summed E-state index contributed by atoms with van der Waals surface area (Å²) in [5.74, 6) is 0.574. The normalized spacial score (nSPS) is 22.7. The Balaban J connectivity index is 2.43. The summed E-state index contributed by atoms with van der Waals surface area (Å²) in [5, 5.41) is 0. The average Bonchev–Trinajstić information content (AvgIpc) is 2.76. The van der Waals surface area contributed by atoms with Crippen LogP contribution in [-0.4, -0.2) is 43.2 Å². The van der Waals surface area contributed by atoms with Gasteiger partial charge in [-0.1, -0.05) is 6.92 Å². The maximum atomic E-state index is 11.9. The standard InChI is InChI=1S/C11H22N2O2/c1-3-10(12)11(14)13(4-2)7-9-5-6-15-8-9/h9-10H,3-8,12H2,1-2H3/t9?,10-/m0/s1. The fraction of sp³-hybridized carbons (Fsp3) is 0.909. The van der Waals surface area contributed by atoms with Crippen molar-refractivity contribution in [1.82, 2.24) is 4.90 Å². The molecule has 1 heterocycles. The maximum Gasteiger partial charge on any atom is 0.239 e. The van der Waals surface area contributed by atoms with Gasteiger partial charge in [0.25, 0.3) is 0 Å². The Morgan fingerprint density at radius 1 is 1.60 bits per heavy atom. The first-order valence-electron chi connectivity index (χ1n) is 5.81. The molecule has 4 heteroatoms. The van der Waals surface area contributed by atoms with Gasteiger partial charge >= 0.3 is 0 Å². The fourth-order valence-electron chi connectivity index (χ4n) is 1.82. The topological polar surface area (TPSA) is 55.6 Å². The Labute approximate surface area is 91.8 Å². The van der Waals surface area contributed by atoms with Gasteiger partial charge in [-0.15, -0.1) is 0 Å². The van der Waals surface area contributed by atoms with Crippen LogP contribution in [0.15, 0.2) is 0 Å². The van der Waals surface area contributed by atoms with E-state index in [1.54, 1.807) is 0 Å². The van der Waals surface area contributed by atoms with Crippen molar-refractivity contribution in [3.63, 3.8) is 0 Å². The van der Waals surface area contributed by atoms with Crippen LogP contribution in [0.25, 0.3) is 0 Å². The average molecular weight is 214 g/mol. The van der Waals surface area contributed by atoms with E-state index in [2.05, 4.69) is 0 Å². The summed E-state index contributed by atoms with van der Waals surface area (Å²) in [6, 6.07) is -0.340. The zero-order valence-electron chi connectivity index (χ0n) is 9.74. The molecule has 1 aliphatic heterocycles. The Morgan fingerprint density at radius 2 is 2.33 bits per heavy atom. The number of hydrogen-bond donors (Lipinski definition) is 1. The lowest BCUT2D eigenvalue weighted by atomic mass is 10.1. The Morgan fingerprint density at radius 3 is 2.80 bits per heavy atom. The molecule has 0 saturated carbocycles. The van der Waals surface area contributed by atoms with Gasteiger partial charge in [-0.25, -0.2) is 0 Å². The van der Waals surface area contributed by atoms with Crippen molar-refractivity contribution < 1.29 is 9.53 Å². The molecule has 0 spiro atoms. The molecule has 2 atom stereocenters. The van der Waals surface area contributed by atoms with E-state index in [0.29, 0.717) is 12.3 Å². The molecule has 1 amide bonds. The monoisotopic (exact) mass is 214 g/mol. The third-order valence-electron chi connectivity index (χ3n) is 2.95. The highest BCUT2D eigenvalue weighted by Crippen LogP contribution is 2.14. The minimum Gasteiger partial charge on any atom is -0.381 e. The summed E-state index contributed by atoms with van der Waals surface area (Å²) in [6.07, 6.45) is 1.77. The van der Waals surface area contributed by atoms with Crippen LogP contribution in [0.3, 0.4) is 0 Å². The molecule has 1 saturated heterocycles. The number of hydrogen-bond acceptors (Lipinski definition) is 3. The first kappa shape index (κ1) is 12.5. The van der Waals surface area contributed by atoms with Crippen LogP contribution in [0.1, 0.15) is 26.7 Å². The van der Waals surface area contributed by atoms with Gasteiger partial charge in [0.2, 0.25) is 5.91 Å². The van der Waals surface area contributed by atoms with Crippen LogP contribution in [0.5, 0.6) is 0 Å². The minimum atomic E-state index is -0.340. The number of rotatable bonds is 5. The third-order valence-corrected chi connectivity index (χ3v) is 2.95. The van der Waals surface area contributed by atoms with Gasteiger partial charge in [0.1, 0.15) is 0 Å².